The molecule has 0 aliphatic heterocycles. The van der Waals surface area contributed by atoms with Gasteiger partial charge in [0.2, 0.25) is 0 Å². The molecule has 0 spiro atoms. The summed E-state index contributed by atoms with van der Waals surface area (Å²) in [4.78, 5) is 72.8. The average Bonchev–Trinajstić information content (AvgIpc) is 1.78. The molecule has 564 valence electrons. The highest BCUT2D eigenvalue weighted by molar-refractivity contribution is 7.47. The van der Waals surface area contributed by atoms with Gasteiger partial charge in [0.25, 0.3) is 0 Å². The van der Waals surface area contributed by atoms with E-state index >= 15 is 0 Å². The molecule has 0 amide bonds. The second-order valence-corrected chi connectivity index (χ2v) is 32.0. The highest BCUT2D eigenvalue weighted by Crippen LogP contribution is 2.45. The first-order valence-electron chi connectivity index (χ1n) is 39.2. The summed E-state index contributed by atoms with van der Waals surface area (Å²) in [5.74, 6) is 0.957. The van der Waals surface area contributed by atoms with Gasteiger partial charge in [-0.25, -0.2) is 9.13 Å². The SMILES string of the molecule is CCC(C)CCCCCCCCCCCCC(=O)OC[C@H](COP(=O)(O)OCC(O)COP(=O)(O)OC[C@@H](COC(=O)CCCCCCCCCC(C)C)OC(=O)CCCCCCCCCCCCCCCC(C)C)OC(=O)CCCCCCCCCCCCCCC(C)C. The molecule has 0 fully saturated rings. The molecule has 6 atom stereocenters. The molecule has 0 aromatic carbocycles. The van der Waals surface area contributed by atoms with Crippen LogP contribution in [0.15, 0.2) is 0 Å². The molecule has 0 saturated carbocycles. The first-order chi connectivity index (χ1) is 45.6. The summed E-state index contributed by atoms with van der Waals surface area (Å²) in [6.45, 7) is 14.2. The van der Waals surface area contributed by atoms with Crippen molar-refractivity contribution in [3.05, 3.63) is 0 Å². The van der Waals surface area contributed by atoms with E-state index in [0.717, 1.165) is 114 Å². The molecule has 0 saturated heterocycles. The van der Waals surface area contributed by atoms with Gasteiger partial charge in [-0.05, 0) is 49.4 Å². The van der Waals surface area contributed by atoms with Gasteiger partial charge in [-0.2, -0.15) is 0 Å². The van der Waals surface area contributed by atoms with Crippen molar-refractivity contribution in [3.8, 4) is 0 Å². The lowest BCUT2D eigenvalue weighted by Gasteiger charge is -2.21. The number of aliphatic hydroxyl groups is 1. The van der Waals surface area contributed by atoms with Gasteiger partial charge in [0.1, 0.15) is 19.3 Å². The maximum Gasteiger partial charge on any atom is 0.472 e. The highest BCUT2D eigenvalue weighted by Gasteiger charge is 2.30. The third-order valence-electron chi connectivity index (χ3n) is 17.9. The Labute approximate surface area is 581 Å². The van der Waals surface area contributed by atoms with Gasteiger partial charge in [-0.1, -0.05) is 331 Å². The molecule has 0 rings (SSSR count). The molecule has 0 radical (unpaired) electrons. The molecule has 17 nitrogen and oxygen atoms in total. The van der Waals surface area contributed by atoms with Crippen LogP contribution in [0.2, 0.25) is 0 Å². The van der Waals surface area contributed by atoms with Crippen molar-refractivity contribution in [2.75, 3.05) is 39.6 Å². The Morgan fingerprint density at radius 1 is 0.295 bits per heavy atom. The Kier molecular flexibility index (Phi) is 64.0. The van der Waals surface area contributed by atoms with Gasteiger partial charge in [0.15, 0.2) is 12.2 Å². The number of hydrogen-bond acceptors (Lipinski definition) is 15. The fourth-order valence-electron chi connectivity index (χ4n) is 11.5. The fourth-order valence-corrected chi connectivity index (χ4v) is 13.1. The van der Waals surface area contributed by atoms with E-state index in [1.54, 1.807) is 0 Å². The first kappa shape index (κ1) is 93.1. The average molecular weight is 1400 g/mol. The number of rotatable bonds is 73. The standard InChI is InChI=1S/C76H148O17P2/c1-9-69(8)55-47-39-31-23-19-20-24-32-40-48-56-73(78)86-62-71(92-76(81)59-51-43-34-26-18-14-13-16-22-29-37-45-53-67(4)5)64-90-94(82,83)88-60-70(77)61-89-95(84,85)91-65-72(63-87-74(79)57-49-41-35-27-30-38-46-54-68(6)7)93-75(80)58-50-42-33-25-17-12-10-11-15-21-28-36-44-52-66(2)3/h66-72,77H,9-65H2,1-8H3,(H,82,83)(H,84,85)/t69?,70?,71-,72-/m1/s1. The topological polar surface area (TPSA) is 237 Å². The van der Waals surface area contributed by atoms with Crippen LogP contribution >= 0.6 is 15.6 Å². The van der Waals surface area contributed by atoms with Crippen LogP contribution in [0.4, 0.5) is 0 Å². The number of phosphoric ester groups is 2. The lowest BCUT2D eigenvalue weighted by Crippen LogP contribution is -2.30. The molecule has 95 heavy (non-hydrogen) atoms. The van der Waals surface area contributed by atoms with Crippen molar-refractivity contribution in [2.24, 2.45) is 23.7 Å². The molecule has 0 aliphatic carbocycles. The summed E-state index contributed by atoms with van der Waals surface area (Å²) in [6.07, 6.45) is 49.9. The molecule has 0 aliphatic rings. The van der Waals surface area contributed by atoms with E-state index in [0.29, 0.717) is 31.6 Å². The second kappa shape index (κ2) is 65.4. The number of phosphoric acid groups is 2. The van der Waals surface area contributed by atoms with E-state index in [4.69, 9.17) is 37.0 Å². The van der Waals surface area contributed by atoms with Gasteiger partial charge in [-0.15, -0.1) is 0 Å². The van der Waals surface area contributed by atoms with Crippen molar-refractivity contribution in [1.29, 1.82) is 0 Å². The minimum Gasteiger partial charge on any atom is -0.462 e. The Hall–Kier alpha value is -1.94. The Bertz CT molecular complexity index is 1870. The number of hydrogen-bond donors (Lipinski definition) is 3. The number of carbonyl (C=O) groups excluding carboxylic acids is 4. The first-order valence-corrected chi connectivity index (χ1v) is 42.2. The van der Waals surface area contributed by atoms with Crippen molar-refractivity contribution < 1.29 is 80.2 Å². The molecule has 0 aromatic heterocycles. The number of esters is 4. The molecule has 3 N–H and O–H groups in total. The minimum absolute atomic E-state index is 0.106. The largest absolute Gasteiger partial charge is 0.472 e. The summed E-state index contributed by atoms with van der Waals surface area (Å²) in [6, 6.07) is 0. The zero-order valence-electron chi connectivity index (χ0n) is 62.3. The van der Waals surface area contributed by atoms with Crippen molar-refractivity contribution in [2.45, 2.75) is 401 Å². The minimum atomic E-state index is -4.96. The van der Waals surface area contributed by atoms with Crippen LogP contribution in [-0.4, -0.2) is 96.7 Å². The second-order valence-electron chi connectivity index (χ2n) is 29.1. The van der Waals surface area contributed by atoms with Crippen LogP contribution in [0.25, 0.3) is 0 Å². The van der Waals surface area contributed by atoms with Crippen LogP contribution in [0.3, 0.4) is 0 Å². The van der Waals surface area contributed by atoms with Crippen molar-refractivity contribution in [1.82, 2.24) is 0 Å². The predicted molar refractivity (Wildman–Crippen MR) is 386 cm³/mol. The predicted octanol–water partition coefficient (Wildman–Crippen LogP) is 22.0. The lowest BCUT2D eigenvalue weighted by atomic mass is 9.99. The molecule has 0 aromatic rings. The van der Waals surface area contributed by atoms with Crippen LogP contribution in [0, 0.1) is 23.7 Å². The van der Waals surface area contributed by atoms with Crippen molar-refractivity contribution >= 4 is 39.5 Å². The highest BCUT2D eigenvalue weighted by atomic mass is 31.2. The van der Waals surface area contributed by atoms with Gasteiger partial charge in [-0.3, -0.25) is 37.3 Å². The quantitative estimate of drug-likeness (QED) is 0.0222. The maximum absolute atomic E-state index is 13.1. The summed E-state index contributed by atoms with van der Waals surface area (Å²) >= 11 is 0. The smallest absolute Gasteiger partial charge is 0.462 e. The van der Waals surface area contributed by atoms with Crippen LogP contribution in [0.5, 0.6) is 0 Å². The number of ether oxygens (including phenoxy) is 4. The molecular formula is C76H148O17P2. The Morgan fingerprint density at radius 2 is 0.505 bits per heavy atom. The van der Waals surface area contributed by atoms with Gasteiger partial charge in [0, 0.05) is 25.7 Å². The number of unbranched alkanes of at least 4 members (excludes halogenated alkanes) is 38. The number of aliphatic hydroxyl groups excluding tert-OH is 1. The summed E-state index contributed by atoms with van der Waals surface area (Å²) in [7, 11) is -9.91. The summed E-state index contributed by atoms with van der Waals surface area (Å²) in [5, 5.41) is 10.6. The van der Waals surface area contributed by atoms with E-state index in [2.05, 4.69) is 55.4 Å². The van der Waals surface area contributed by atoms with E-state index in [1.165, 1.54) is 180 Å². The third kappa shape index (κ3) is 69.0. The normalized spacial score (nSPS) is 14.4. The van der Waals surface area contributed by atoms with Crippen LogP contribution in [-0.2, 0) is 65.4 Å². The van der Waals surface area contributed by atoms with Crippen LogP contribution < -0.4 is 0 Å². The fraction of sp³-hybridized carbons (Fsp3) is 0.947. The Morgan fingerprint density at radius 3 is 0.747 bits per heavy atom. The summed E-state index contributed by atoms with van der Waals surface area (Å²) in [5.41, 5.74) is 0. The van der Waals surface area contributed by atoms with Gasteiger partial charge < -0.3 is 33.8 Å². The van der Waals surface area contributed by atoms with Gasteiger partial charge >= 0.3 is 39.5 Å². The number of carbonyl (C=O) groups is 4. The zero-order chi connectivity index (χ0) is 70.3. The molecular weight excluding hydrogens is 1250 g/mol. The monoisotopic (exact) mass is 1400 g/mol. The van der Waals surface area contributed by atoms with Crippen molar-refractivity contribution in [3.63, 3.8) is 0 Å². The molecule has 0 heterocycles. The Balaban J connectivity index is 5.26. The van der Waals surface area contributed by atoms with Crippen LogP contribution in [0.1, 0.15) is 383 Å². The lowest BCUT2D eigenvalue weighted by molar-refractivity contribution is -0.161. The van der Waals surface area contributed by atoms with E-state index in [-0.39, 0.29) is 25.7 Å². The molecule has 19 heteroatoms. The van der Waals surface area contributed by atoms with E-state index in [9.17, 15) is 43.2 Å². The van der Waals surface area contributed by atoms with E-state index in [1.807, 2.05) is 0 Å². The third-order valence-corrected chi connectivity index (χ3v) is 19.8. The van der Waals surface area contributed by atoms with E-state index < -0.39 is 97.5 Å². The molecule has 0 bridgehead atoms. The summed E-state index contributed by atoms with van der Waals surface area (Å²) < 4.78 is 68.5. The van der Waals surface area contributed by atoms with Gasteiger partial charge in [0.05, 0.1) is 26.4 Å². The molecule has 4 unspecified atom stereocenters. The zero-order valence-corrected chi connectivity index (χ0v) is 64.1. The maximum atomic E-state index is 13.1.